The number of benzene rings is 2. The maximum Gasteiger partial charge on any atom is 0.331 e. The summed E-state index contributed by atoms with van der Waals surface area (Å²) < 4.78 is 56.4. The zero-order valence-electron chi connectivity index (χ0n) is 31.1. The quantitative estimate of drug-likeness (QED) is 0.0741. The van der Waals surface area contributed by atoms with Crippen molar-refractivity contribution in [1.82, 2.24) is 0 Å². The molecule has 0 spiro atoms. The summed E-state index contributed by atoms with van der Waals surface area (Å²) in [6, 6.07) is 9.58. The van der Waals surface area contributed by atoms with Gasteiger partial charge in [0.2, 0.25) is 0 Å². The smallest absolute Gasteiger partial charge is 0.331 e. The molecule has 0 saturated carbocycles. The maximum atomic E-state index is 13.3. The summed E-state index contributed by atoms with van der Waals surface area (Å²) in [5.74, 6) is 0.0892. The number of carbonyl (C=O) groups excluding carboxylic acids is 1. The van der Waals surface area contributed by atoms with Crippen LogP contribution in [0.3, 0.4) is 0 Å². The summed E-state index contributed by atoms with van der Waals surface area (Å²) in [5, 5.41) is 84.6. The minimum absolute atomic E-state index is 0.0578. The SMILES string of the molecule is COc1cc(CCO[C@@H]2O[C@H](CO)[C@@H](OC(=O)C=Cc3ccc(OC)c(OC)c3)[C@H](O[C@@H]3O[C@@H](C)[C@H](O)[C@@H](O)[C@H]3O[C@@H]3OC[C@@H](O)[C@@H](O)[C@@H]3O)[C@H]2O)ccc1O. The van der Waals surface area contributed by atoms with E-state index in [1.165, 1.54) is 40.4 Å². The first kappa shape index (κ1) is 43.5. The van der Waals surface area contributed by atoms with Crippen LogP contribution in [0.5, 0.6) is 23.0 Å². The molecule has 3 aliphatic rings. The zero-order chi connectivity index (χ0) is 40.7. The predicted molar refractivity (Wildman–Crippen MR) is 188 cm³/mol. The molecule has 0 radical (unpaired) electrons. The molecule has 2 aromatic rings. The normalized spacial score (nSPS) is 34.9. The minimum atomic E-state index is -1.80. The summed E-state index contributed by atoms with van der Waals surface area (Å²) >= 11 is 0. The summed E-state index contributed by atoms with van der Waals surface area (Å²) in [5.41, 5.74) is 1.24. The molecule has 14 atom stereocenters. The number of methoxy groups -OCH3 is 3. The maximum absolute atomic E-state index is 13.3. The molecule has 3 fully saturated rings. The molecular weight excluding hydrogens is 748 g/mol. The van der Waals surface area contributed by atoms with E-state index in [0.717, 1.165) is 6.08 Å². The number of aliphatic hydroxyl groups excluding tert-OH is 7. The van der Waals surface area contributed by atoms with Gasteiger partial charge in [-0.1, -0.05) is 12.1 Å². The van der Waals surface area contributed by atoms with Crippen molar-refractivity contribution in [3.05, 3.63) is 53.6 Å². The molecule has 2 aromatic carbocycles. The second kappa shape index (κ2) is 19.7. The van der Waals surface area contributed by atoms with Gasteiger partial charge in [-0.2, -0.15) is 0 Å². The molecule has 0 amide bonds. The first-order valence-corrected chi connectivity index (χ1v) is 17.8. The Bertz CT molecular complexity index is 1610. The minimum Gasteiger partial charge on any atom is -0.504 e. The van der Waals surface area contributed by atoms with Gasteiger partial charge in [-0.3, -0.25) is 0 Å². The Morgan fingerprint density at radius 3 is 2.18 bits per heavy atom. The van der Waals surface area contributed by atoms with Crippen LogP contribution in [-0.2, 0) is 44.4 Å². The van der Waals surface area contributed by atoms with E-state index in [-0.39, 0.29) is 24.5 Å². The molecule has 8 N–H and O–H groups in total. The van der Waals surface area contributed by atoms with E-state index < -0.39 is 105 Å². The summed E-state index contributed by atoms with van der Waals surface area (Å²) in [6.45, 7) is 0.158. The van der Waals surface area contributed by atoms with Crippen LogP contribution in [-0.4, -0.2) is 174 Å². The van der Waals surface area contributed by atoms with Crippen LogP contribution in [0.2, 0.25) is 0 Å². The number of rotatable bonds is 15. The lowest BCUT2D eigenvalue weighted by molar-refractivity contribution is -0.381. The molecule has 0 bridgehead atoms. The van der Waals surface area contributed by atoms with Crippen molar-refractivity contribution in [2.75, 3.05) is 41.2 Å². The lowest BCUT2D eigenvalue weighted by Crippen LogP contribution is -2.66. The van der Waals surface area contributed by atoms with E-state index in [1.807, 2.05) is 0 Å². The molecule has 19 nitrogen and oxygen atoms in total. The average molecular weight is 799 g/mol. The van der Waals surface area contributed by atoms with Gasteiger partial charge in [0.25, 0.3) is 0 Å². The molecule has 312 valence electrons. The van der Waals surface area contributed by atoms with Gasteiger partial charge < -0.3 is 88.2 Å². The fraction of sp³-hybridized carbons (Fsp3) is 0.595. The largest absolute Gasteiger partial charge is 0.504 e. The molecule has 3 heterocycles. The van der Waals surface area contributed by atoms with E-state index in [0.29, 0.717) is 22.6 Å². The average Bonchev–Trinajstić information content (AvgIpc) is 3.19. The molecule has 0 aliphatic carbocycles. The van der Waals surface area contributed by atoms with Gasteiger partial charge in [-0.25, -0.2) is 4.79 Å². The zero-order valence-corrected chi connectivity index (χ0v) is 31.1. The van der Waals surface area contributed by atoms with E-state index in [1.54, 1.807) is 30.3 Å². The number of esters is 1. The molecule has 56 heavy (non-hydrogen) atoms. The van der Waals surface area contributed by atoms with Crippen molar-refractivity contribution in [1.29, 1.82) is 0 Å². The molecule has 5 rings (SSSR count). The highest BCUT2D eigenvalue weighted by molar-refractivity contribution is 5.87. The summed E-state index contributed by atoms with van der Waals surface area (Å²) in [6.07, 6.45) is -19.4. The number of ether oxygens (including phenoxy) is 10. The molecule has 3 saturated heterocycles. The standard InChI is InChI=1S/C37H50O19/c1-17-27(42)29(44)34(56-35-30(45)28(43)21(40)16-51-35)37(52-17)55-33-31(46)36(50-12-11-19-5-8-20(39)23(13-19)48-3)53-25(15-38)32(33)54-26(41)10-7-18-6-9-22(47-2)24(14-18)49-4/h5-10,13-14,17,21,25,27-40,42-46H,11-12,15-16H2,1-4H3/t17-,21+,25+,27-,28+,29+,30-,31+,32+,33+,34+,35-,36+,37-/m0/s1. The molecule has 19 heteroatoms. The monoisotopic (exact) mass is 798 g/mol. The van der Waals surface area contributed by atoms with Crippen molar-refractivity contribution < 1.29 is 93.0 Å². The fourth-order valence-electron chi connectivity index (χ4n) is 6.41. The number of hydrogen-bond acceptors (Lipinski definition) is 19. The number of aliphatic hydroxyl groups is 7. The van der Waals surface area contributed by atoms with Crippen LogP contribution < -0.4 is 14.2 Å². The third-order valence-electron chi connectivity index (χ3n) is 9.60. The van der Waals surface area contributed by atoms with Crippen LogP contribution in [0.25, 0.3) is 6.08 Å². The number of phenolic OH excluding ortho intramolecular Hbond substituents is 1. The second-order valence-electron chi connectivity index (χ2n) is 13.3. The van der Waals surface area contributed by atoms with Crippen molar-refractivity contribution in [3.63, 3.8) is 0 Å². The van der Waals surface area contributed by atoms with E-state index in [4.69, 9.17) is 47.4 Å². The van der Waals surface area contributed by atoms with Gasteiger partial charge in [-0.05, 0) is 54.8 Å². The van der Waals surface area contributed by atoms with Gasteiger partial charge in [0, 0.05) is 6.08 Å². The van der Waals surface area contributed by atoms with Crippen molar-refractivity contribution in [2.24, 2.45) is 0 Å². The molecular formula is C37H50O19. The molecule has 0 unspecified atom stereocenters. The highest BCUT2D eigenvalue weighted by Crippen LogP contribution is 2.34. The Morgan fingerprint density at radius 2 is 1.48 bits per heavy atom. The Morgan fingerprint density at radius 1 is 0.768 bits per heavy atom. The van der Waals surface area contributed by atoms with Gasteiger partial charge in [0.1, 0.15) is 54.9 Å². The van der Waals surface area contributed by atoms with E-state index in [2.05, 4.69) is 0 Å². The second-order valence-corrected chi connectivity index (χ2v) is 13.3. The first-order chi connectivity index (χ1) is 26.8. The number of hydrogen-bond donors (Lipinski definition) is 8. The summed E-state index contributed by atoms with van der Waals surface area (Å²) in [7, 11) is 4.33. The Labute approximate surface area is 322 Å². The lowest BCUT2D eigenvalue weighted by Gasteiger charge is -2.48. The van der Waals surface area contributed by atoms with Gasteiger partial charge in [0.15, 0.2) is 48.0 Å². The van der Waals surface area contributed by atoms with Gasteiger partial charge in [-0.15, -0.1) is 0 Å². The number of aromatic hydroxyl groups is 1. The highest BCUT2D eigenvalue weighted by Gasteiger charge is 2.54. The number of phenols is 1. The highest BCUT2D eigenvalue weighted by atomic mass is 16.8. The Hall–Kier alpha value is -3.67. The molecule has 0 aromatic heterocycles. The van der Waals surface area contributed by atoms with Crippen LogP contribution in [0.4, 0.5) is 0 Å². The fourth-order valence-corrected chi connectivity index (χ4v) is 6.41. The van der Waals surface area contributed by atoms with Crippen molar-refractivity contribution in [2.45, 2.75) is 99.4 Å². The van der Waals surface area contributed by atoms with Crippen molar-refractivity contribution >= 4 is 12.0 Å². The predicted octanol–water partition coefficient (Wildman–Crippen LogP) is -1.64. The first-order valence-electron chi connectivity index (χ1n) is 17.8. The van der Waals surface area contributed by atoms with Crippen LogP contribution in [0, 0.1) is 0 Å². The van der Waals surface area contributed by atoms with Crippen LogP contribution in [0.1, 0.15) is 18.1 Å². The van der Waals surface area contributed by atoms with Gasteiger partial charge >= 0.3 is 5.97 Å². The third kappa shape index (κ3) is 10.1. The number of carbonyl (C=O) groups is 1. The van der Waals surface area contributed by atoms with Crippen LogP contribution in [0.15, 0.2) is 42.5 Å². The van der Waals surface area contributed by atoms with Crippen molar-refractivity contribution in [3.8, 4) is 23.0 Å². The Kier molecular flexibility index (Phi) is 15.3. The van der Waals surface area contributed by atoms with E-state index in [9.17, 15) is 45.6 Å². The van der Waals surface area contributed by atoms with E-state index >= 15 is 0 Å². The third-order valence-corrected chi connectivity index (χ3v) is 9.60. The summed E-state index contributed by atoms with van der Waals surface area (Å²) in [4.78, 5) is 13.3. The lowest BCUT2D eigenvalue weighted by atomic mass is 9.96. The Balaban J connectivity index is 1.40. The molecule has 3 aliphatic heterocycles. The van der Waals surface area contributed by atoms with Gasteiger partial charge in [0.05, 0.1) is 47.3 Å². The topological polar surface area (TPSA) is 271 Å². The van der Waals surface area contributed by atoms with Crippen LogP contribution >= 0.6 is 0 Å².